The van der Waals surface area contributed by atoms with E-state index in [0.717, 1.165) is 9.13 Å². The minimum atomic E-state index is 0.290. The molecule has 0 bridgehead atoms. The standard InChI is InChI=1S/C16H12Cl2INO2/c1-2-21-15-6-10(8-20)5-14(19)16(15)22-9-11-3-4-12(17)7-13(11)18/h3-7H,2,9H2,1H3. The molecule has 0 aromatic heterocycles. The first-order chi connectivity index (χ1) is 10.5. The number of nitrogens with zero attached hydrogens (tertiary/aromatic N) is 1. The highest BCUT2D eigenvalue weighted by molar-refractivity contribution is 14.1. The summed E-state index contributed by atoms with van der Waals surface area (Å²) in [4.78, 5) is 0. The molecule has 2 aromatic rings. The Hall–Kier alpha value is -1.16. The summed E-state index contributed by atoms with van der Waals surface area (Å²) in [5.41, 5.74) is 1.36. The Bertz CT molecular complexity index is 729. The fourth-order valence-corrected chi connectivity index (χ4v) is 3.04. The first kappa shape index (κ1) is 17.2. The summed E-state index contributed by atoms with van der Waals surface area (Å²) in [6.45, 7) is 2.66. The fraction of sp³-hybridized carbons (Fsp3) is 0.188. The Kier molecular flexibility index (Phi) is 6.18. The topological polar surface area (TPSA) is 42.2 Å². The number of hydrogen-bond acceptors (Lipinski definition) is 3. The van der Waals surface area contributed by atoms with Gasteiger partial charge in [-0.3, -0.25) is 0 Å². The maximum Gasteiger partial charge on any atom is 0.175 e. The monoisotopic (exact) mass is 447 g/mol. The van der Waals surface area contributed by atoms with Gasteiger partial charge in [0.1, 0.15) is 6.61 Å². The summed E-state index contributed by atoms with van der Waals surface area (Å²) >= 11 is 14.1. The van der Waals surface area contributed by atoms with Crippen molar-refractivity contribution < 1.29 is 9.47 Å². The SMILES string of the molecule is CCOc1cc(C#N)cc(I)c1OCc1ccc(Cl)cc1Cl. The molecule has 0 aliphatic carbocycles. The average Bonchev–Trinajstić information content (AvgIpc) is 2.48. The van der Waals surface area contributed by atoms with Crippen molar-refractivity contribution in [3.05, 3.63) is 55.1 Å². The van der Waals surface area contributed by atoms with Crippen molar-refractivity contribution in [3.8, 4) is 17.6 Å². The van der Waals surface area contributed by atoms with Gasteiger partial charge in [-0.15, -0.1) is 0 Å². The van der Waals surface area contributed by atoms with Crippen LogP contribution >= 0.6 is 45.8 Å². The average molecular weight is 448 g/mol. The molecule has 0 aliphatic rings. The highest BCUT2D eigenvalue weighted by atomic mass is 127. The molecule has 0 atom stereocenters. The quantitative estimate of drug-likeness (QED) is 0.572. The number of nitriles is 1. The van der Waals surface area contributed by atoms with Crippen LogP contribution in [0.3, 0.4) is 0 Å². The maximum atomic E-state index is 9.04. The third-order valence-corrected chi connectivity index (χ3v) is 4.21. The summed E-state index contributed by atoms with van der Waals surface area (Å²) in [6.07, 6.45) is 0. The van der Waals surface area contributed by atoms with Crippen LogP contribution < -0.4 is 9.47 Å². The zero-order chi connectivity index (χ0) is 16.1. The van der Waals surface area contributed by atoms with Crippen LogP contribution in [0.5, 0.6) is 11.5 Å². The van der Waals surface area contributed by atoms with Crippen molar-refractivity contribution in [2.24, 2.45) is 0 Å². The fourth-order valence-electron chi connectivity index (χ4n) is 1.82. The van der Waals surface area contributed by atoms with Crippen LogP contribution in [0.15, 0.2) is 30.3 Å². The number of rotatable bonds is 5. The molecule has 2 aromatic carbocycles. The minimum absolute atomic E-state index is 0.290. The van der Waals surface area contributed by atoms with Crippen LogP contribution in [0.25, 0.3) is 0 Å². The second kappa shape index (κ2) is 7.91. The smallest absolute Gasteiger partial charge is 0.175 e. The van der Waals surface area contributed by atoms with Crippen LogP contribution in [-0.2, 0) is 6.61 Å². The predicted molar refractivity (Wildman–Crippen MR) is 95.8 cm³/mol. The number of benzene rings is 2. The molecule has 114 valence electrons. The van der Waals surface area contributed by atoms with Crippen molar-refractivity contribution in [2.75, 3.05) is 6.61 Å². The Balaban J connectivity index is 2.27. The van der Waals surface area contributed by atoms with Gasteiger partial charge in [0, 0.05) is 21.7 Å². The first-order valence-electron chi connectivity index (χ1n) is 6.48. The lowest BCUT2D eigenvalue weighted by molar-refractivity contribution is 0.267. The first-order valence-corrected chi connectivity index (χ1v) is 8.31. The summed E-state index contributed by atoms with van der Waals surface area (Å²) in [6, 6.07) is 10.8. The molecule has 0 saturated heterocycles. The van der Waals surface area contributed by atoms with Crippen molar-refractivity contribution >= 4 is 45.8 Å². The molecule has 0 amide bonds. The van der Waals surface area contributed by atoms with Gasteiger partial charge in [0.25, 0.3) is 0 Å². The highest BCUT2D eigenvalue weighted by Gasteiger charge is 2.13. The van der Waals surface area contributed by atoms with Gasteiger partial charge in [0.2, 0.25) is 0 Å². The van der Waals surface area contributed by atoms with Crippen molar-refractivity contribution in [3.63, 3.8) is 0 Å². The third kappa shape index (κ3) is 4.19. The van der Waals surface area contributed by atoms with Gasteiger partial charge in [-0.25, -0.2) is 0 Å². The van der Waals surface area contributed by atoms with E-state index in [0.29, 0.717) is 33.7 Å². The molecule has 0 fully saturated rings. The van der Waals surface area contributed by atoms with E-state index in [1.54, 1.807) is 24.3 Å². The molecule has 0 spiro atoms. The molecule has 0 heterocycles. The summed E-state index contributed by atoms with van der Waals surface area (Å²) < 4.78 is 12.2. The van der Waals surface area contributed by atoms with E-state index >= 15 is 0 Å². The molecule has 2 rings (SSSR count). The normalized spacial score (nSPS) is 10.1. The van der Waals surface area contributed by atoms with Crippen LogP contribution in [-0.4, -0.2) is 6.61 Å². The summed E-state index contributed by atoms with van der Waals surface area (Å²) in [5, 5.41) is 10.2. The Labute approximate surface area is 152 Å². The number of hydrogen-bond donors (Lipinski definition) is 0. The molecule has 0 radical (unpaired) electrons. The van der Waals surface area contributed by atoms with E-state index in [9.17, 15) is 0 Å². The lowest BCUT2D eigenvalue weighted by Crippen LogP contribution is -2.02. The minimum Gasteiger partial charge on any atom is -0.490 e. The lowest BCUT2D eigenvalue weighted by atomic mass is 10.2. The molecular formula is C16H12Cl2INO2. The van der Waals surface area contributed by atoms with Gasteiger partial charge in [-0.05, 0) is 47.7 Å². The van der Waals surface area contributed by atoms with E-state index < -0.39 is 0 Å². The van der Waals surface area contributed by atoms with Crippen molar-refractivity contribution in [1.29, 1.82) is 5.26 Å². The zero-order valence-electron chi connectivity index (χ0n) is 11.7. The van der Waals surface area contributed by atoms with Crippen molar-refractivity contribution in [2.45, 2.75) is 13.5 Å². The van der Waals surface area contributed by atoms with Gasteiger partial charge in [-0.1, -0.05) is 29.3 Å². The Morgan fingerprint density at radius 2 is 1.95 bits per heavy atom. The van der Waals surface area contributed by atoms with E-state index in [1.165, 1.54) is 0 Å². The Morgan fingerprint density at radius 1 is 1.18 bits per heavy atom. The van der Waals surface area contributed by atoms with E-state index in [4.69, 9.17) is 37.9 Å². The second-order valence-electron chi connectivity index (χ2n) is 4.35. The van der Waals surface area contributed by atoms with Gasteiger partial charge >= 0.3 is 0 Å². The molecular weight excluding hydrogens is 436 g/mol. The molecule has 6 heteroatoms. The van der Waals surface area contributed by atoms with Crippen LogP contribution in [0.2, 0.25) is 10.0 Å². The van der Waals surface area contributed by atoms with E-state index in [2.05, 4.69) is 28.7 Å². The molecule has 0 aliphatic heterocycles. The summed E-state index contributed by atoms with van der Waals surface area (Å²) in [7, 11) is 0. The van der Waals surface area contributed by atoms with Gasteiger partial charge in [0.05, 0.1) is 21.8 Å². The largest absolute Gasteiger partial charge is 0.490 e. The van der Waals surface area contributed by atoms with Gasteiger partial charge in [0.15, 0.2) is 11.5 Å². The van der Waals surface area contributed by atoms with Gasteiger partial charge < -0.3 is 9.47 Å². The maximum absolute atomic E-state index is 9.04. The Morgan fingerprint density at radius 3 is 2.59 bits per heavy atom. The number of ether oxygens (including phenoxy) is 2. The zero-order valence-corrected chi connectivity index (χ0v) is 15.4. The van der Waals surface area contributed by atoms with E-state index in [1.807, 2.05) is 13.0 Å². The highest BCUT2D eigenvalue weighted by Crippen LogP contribution is 2.35. The number of halogens is 3. The predicted octanol–water partition coefficient (Wildman–Crippen LogP) is 5.45. The van der Waals surface area contributed by atoms with E-state index in [-0.39, 0.29) is 6.61 Å². The van der Waals surface area contributed by atoms with Crippen LogP contribution in [0, 0.1) is 14.9 Å². The molecule has 0 N–H and O–H groups in total. The summed E-state index contributed by atoms with van der Waals surface area (Å²) in [5.74, 6) is 1.16. The van der Waals surface area contributed by atoms with Crippen LogP contribution in [0.4, 0.5) is 0 Å². The second-order valence-corrected chi connectivity index (χ2v) is 6.36. The lowest BCUT2D eigenvalue weighted by Gasteiger charge is -2.14. The molecule has 0 saturated carbocycles. The van der Waals surface area contributed by atoms with Crippen molar-refractivity contribution in [1.82, 2.24) is 0 Å². The molecule has 0 unspecified atom stereocenters. The molecule has 3 nitrogen and oxygen atoms in total. The molecule has 22 heavy (non-hydrogen) atoms. The van der Waals surface area contributed by atoms with Gasteiger partial charge in [-0.2, -0.15) is 5.26 Å². The van der Waals surface area contributed by atoms with Crippen LogP contribution in [0.1, 0.15) is 18.1 Å². The third-order valence-electron chi connectivity index (χ3n) is 2.83.